The molecule has 0 saturated heterocycles. The molecule has 6 heteroatoms. The molecule has 1 aromatic heterocycles. The Balaban J connectivity index is 2.34. The topological polar surface area (TPSA) is 75.4 Å². The zero-order valence-electron chi connectivity index (χ0n) is 11.3. The summed E-state index contributed by atoms with van der Waals surface area (Å²) in [6.07, 6.45) is 1.64. The number of benzene rings is 1. The van der Waals surface area contributed by atoms with Crippen LogP contribution in [-0.4, -0.2) is 33.3 Å². The first-order valence-electron chi connectivity index (χ1n) is 6.07. The smallest absolute Gasteiger partial charge is 0.323 e. The third-order valence-corrected chi connectivity index (χ3v) is 2.82. The normalized spacial score (nSPS) is 10.3. The fraction of sp³-hybridized carbons (Fsp3) is 0.214. The van der Waals surface area contributed by atoms with Gasteiger partial charge in [0.2, 0.25) is 0 Å². The summed E-state index contributed by atoms with van der Waals surface area (Å²) < 4.78 is 1.50. The van der Waals surface area contributed by atoms with Crippen molar-refractivity contribution in [3.63, 3.8) is 0 Å². The number of anilines is 1. The van der Waals surface area contributed by atoms with Gasteiger partial charge in [0.1, 0.15) is 6.54 Å². The third-order valence-electron chi connectivity index (χ3n) is 2.82. The number of aromatic nitrogens is 2. The maximum Gasteiger partial charge on any atom is 0.323 e. The second-order valence-corrected chi connectivity index (χ2v) is 4.50. The maximum absolute atomic E-state index is 12.4. The summed E-state index contributed by atoms with van der Waals surface area (Å²) in [4.78, 5) is 24.5. The van der Waals surface area contributed by atoms with Crippen molar-refractivity contribution < 1.29 is 14.7 Å². The molecule has 0 spiro atoms. The lowest BCUT2D eigenvalue weighted by atomic mass is 10.2. The van der Waals surface area contributed by atoms with Gasteiger partial charge in [0, 0.05) is 18.9 Å². The first-order chi connectivity index (χ1) is 9.47. The van der Waals surface area contributed by atoms with E-state index < -0.39 is 18.4 Å². The number of aryl methyl sites for hydroxylation is 2. The molecule has 6 nitrogen and oxygen atoms in total. The number of carbonyl (C=O) groups excluding carboxylic acids is 1. The van der Waals surface area contributed by atoms with E-state index in [2.05, 4.69) is 5.10 Å². The summed E-state index contributed by atoms with van der Waals surface area (Å²) in [6.45, 7) is 1.52. The van der Waals surface area contributed by atoms with E-state index in [0.29, 0.717) is 5.69 Å². The van der Waals surface area contributed by atoms with Crippen LogP contribution in [0.4, 0.5) is 5.69 Å². The highest BCUT2D eigenvalue weighted by molar-refractivity contribution is 6.06. The Bertz CT molecular complexity index is 631. The molecule has 2 aromatic rings. The number of carboxylic acid groups (broad SMARTS) is 1. The van der Waals surface area contributed by atoms with Crippen LogP contribution in [-0.2, 0) is 11.8 Å². The number of carboxylic acids is 1. The monoisotopic (exact) mass is 273 g/mol. The standard InChI is InChI=1S/C14H15N3O3/c1-10-3-5-11(6-4-10)17(9-13(18)19)14(20)12-7-8-16(2)15-12/h3-8H,9H2,1-2H3,(H,18,19). The molecule has 0 unspecified atom stereocenters. The largest absolute Gasteiger partial charge is 0.480 e. The van der Waals surface area contributed by atoms with Crippen molar-refractivity contribution in [1.29, 1.82) is 0 Å². The number of nitrogens with zero attached hydrogens (tertiary/aromatic N) is 3. The van der Waals surface area contributed by atoms with Crippen LogP contribution in [0.1, 0.15) is 16.1 Å². The van der Waals surface area contributed by atoms with E-state index in [1.807, 2.05) is 19.1 Å². The molecular formula is C14H15N3O3. The van der Waals surface area contributed by atoms with E-state index in [0.717, 1.165) is 5.56 Å². The predicted molar refractivity (Wildman–Crippen MR) is 73.7 cm³/mol. The van der Waals surface area contributed by atoms with Gasteiger partial charge in [-0.3, -0.25) is 19.2 Å². The molecule has 0 aliphatic carbocycles. The van der Waals surface area contributed by atoms with Crippen molar-refractivity contribution >= 4 is 17.6 Å². The van der Waals surface area contributed by atoms with Crippen molar-refractivity contribution in [2.75, 3.05) is 11.4 Å². The minimum Gasteiger partial charge on any atom is -0.480 e. The Labute approximate surface area is 116 Å². The number of hydrogen-bond acceptors (Lipinski definition) is 3. The van der Waals surface area contributed by atoms with Crippen molar-refractivity contribution in [3.8, 4) is 0 Å². The summed E-state index contributed by atoms with van der Waals surface area (Å²) >= 11 is 0. The second kappa shape index (κ2) is 5.56. The number of aliphatic carboxylic acids is 1. The maximum atomic E-state index is 12.4. The summed E-state index contributed by atoms with van der Waals surface area (Å²) in [7, 11) is 1.70. The van der Waals surface area contributed by atoms with Gasteiger partial charge >= 0.3 is 5.97 Å². The zero-order chi connectivity index (χ0) is 14.7. The zero-order valence-corrected chi connectivity index (χ0v) is 11.3. The van der Waals surface area contributed by atoms with Gasteiger partial charge < -0.3 is 5.11 Å². The molecule has 1 aromatic carbocycles. The highest BCUT2D eigenvalue weighted by Gasteiger charge is 2.22. The van der Waals surface area contributed by atoms with Crippen LogP contribution in [0.25, 0.3) is 0 Å². The molecule has 20 heavy (non-hydrogen) atoms. The highest BCUT2D eigenvalue weighted by Crippen LogP contribution is 2.17. The van der Waals surface area contributed by atoms with E-state index in [-0.39, 0.29) is 5.69 Å². The Morgan fingerprint density at radius 2 is 1.90 bits per heavy atom. The van der Waals surface area contributed by atoms with Crippen LogP contribution >= 0.6 is 0 Å². The summed E-state index contributed by atoms with van der Waals surface area (Å²) in [6, 6.07) is 8.66. The predicted octanol–water partition coefficient (Wildman–Crippen LogP) is 1.46. The van der Waals surface area contributed by atoms with Crippen LogP contribution in [0.3, 0.4) is 0 Å². The van der Waals surface area contributed by atoms with Crippen LogP contribution in [0.15, 0.2) is 36.5 Å². The van der Waals surface area contributed by atoms with Crippen LogP contribution in [0.2, 0.25) is 0 Å². The van der Waals surface area contributed by atoms with Crippen molar-refractivity contribution in [3.05, 3.63) is 47.8 Å². The molecule has 1 amide bonds. The lowest BCUT2D eigenvalue weighted by molar-refractivity contribution is -0.135. The molecule has 0 bridgehead atoms. The summed E-state index contributed by atoms with van der Waals surface area (Å²) in [5.74, 6) is -1.51. The quantitative estimate of drug-likeness (QED) is 0.915. The fourth-order valence-electron chi connectivity index (χ4n) is 1.81. The van der Waals surface area contributed by atoms with Crippen LogP contribution in [0, 0.1) is 6.92 Å². The highest BCUT2D eigenvalue weighted by atomic mass is 16.4. The minimum absolute atomic E-state index is 0.217. The Kier molecular flexibility index (Phi) is 3.84. The molecule has 2 rings (SSSR count). The van der Waals surface area contributed by atoms with Gasteiger partial charge in [-0.1, -0.05) is 17.7 Å². The molecule has 0 saturated carbocycles. The number of carbonyl (C=O) groups is 2. The van der Waals surface area contributed by atoms with E-state index in [1.165, 1.54) is 9.58 Å². The number of hydrogen-bond donors (Lipinski definition) is 1. The number of amides is 1. The van der Waals surface area contributed by atoms with E-state index in [9.17, 15) is 9.59 Å². The van der Waals surface area contributed by atoms with Gasteiger partial charge in [-0.15, -0.1) is 0 Å². The minimum atomic E-state index is -1.07. The van der Waals surface area contributed by atoms with Gasteiger partial charge in [-0.05, 0) is 25.1 Å². The molecule has 0 aliphatic heterocycles. The first kappa shape index (κ1) is 13.8. The molecule has 104 valence electrons. The molecule has 1 N–H and O–H groups in total. The summed E-state index contributed by atoms with van der Waals surface area (Å²) in [5, 5.41) is 13.0. The van der Waals surface area contributed by atoms with Crippen molar-refractivity contribution in [2.45, 2.75) is 6.92 Å². The fourth-order valence-corrected chi connectivity index (χ4v) is 1.81. The lowest BCUT2D eigenvalue weighted by Gasteiger charge is -2.20. The van der Waals surface area contributed by atoms with Gasteiger partial charge in [0.25, 0.3) is 5.91 Å². The third kappa shape index (κ3) is 3.03. The molecule has 0 atom stereocenters. The number of rotatable bonds is 4. The molecule has 0 fully saturated rings. The van der Waals surface area contributed by atoms with Gasteiger partial charge in [0.05, 0.1) is 0 Å². The van der Waals surface area contributed by atoms with Gasteiger partial charge in [0.15, 0.2) is 5.69 Å². The van der Waals surface area contributed by atoms with E-state index in [1.54, 1.807) is 31.4 Å². The molecular weight excluding hydrogens is 258 g/mol. The lowest BCUT2D eigenvalue weighted by Crippen LogP contribution is -2.36. The van der Waals surface area contributed by atoms with Gasteiger partial charge in [-0.25, -0.2) is 0 Å². The Morgan fingerprint density at radius 1 is 1.25 bits per heavy atom. The Morgan fingerprint density at radius 3 is 2.40 bits per heavy atom. The second-order valence-electron chi connectivity index (χ2n) is 4.50. The van der Waals surface area contributed by atoms with E-state index >= 15 is 0 Å². The van der Waals surface area contributed by atoms with Gasteiger partial charge in [-0.2, -0.15) is 5.10 Å². The van der Waals surface area contributed by atoms with Crippen molar-refractivity contribution in [2.24, 2.45) is 7.05 Å². The molecule has 0 aliphatic rings. The van der Waals surface area contributed by atoms with Crippen LogP contribution < -0.4 is 4.90 Å². The first-order valence-corrected chi connectivity index (χ1v) is 6.07. The summed E-state index contributed by atoms with van der Waals surface area (Å²) in [5.41, 5.74) is 1.79. The molecule has 0 radical (unpaired) electrons. The average Bonchev–Trinajstić information content (AvgIpc) is 2.83. The SMILES string of the molecule is Cc1ccc(N(CC(=O)O)C(=O)c2ccn(C)n2)cc1. The Hall–Kier alpha value is -2.63. The van der Waals surface area contributed by atoms with E-state index in [4.69, 9.17) is 5.11 Å². The van der Waals surface area contributed by atoms with Crippen molar-refractivity contribution in [1.82, 2.24) is 9.78 Å². The molecule has 1 heterocycles. The van der Waals surface area contributed by atoms with Crippen LogP contribution in [0.5, 0.6) is 0 Å². The average molecular weight is 273 g/mol.